The van der Waals surface area contributed by atoms with Gasteiger partial charge in [0.15, 0.2) is 6.04 Å². The third-order valence-corrected chi connectivity index (χ3v) is 3.16. The third-order valence-electron chi connectivity index (χ3n) is 3.16. The normalized spacial score (nSPS) is 11.8. The van der Waals surface area contributed by atoms with Crippen LogP contribution >= 0.6 is 0 Å². The number of benzene rings is 2. The molecular weight excluding hydrogens is 350 g/mol. The van der Waals surface area contributed by atoms with Gasteiger partial charge < -0.3 is 19.5 Å². The van der Waals surface area contributed by atoms with E-state index in [1.54, 1.807) is 81.4 Å². The van der Waals surface area contributed by atoms with Gasteiger partial charge in [-0.15, -0.1) is 0 Å². The number of para-hydroxylation sites is 1. The summed E-state index contributed by atoms with van der Waals surface area (Å²) in [6.45, 7) is 5.08. The highest BCUT2D eigenvalue weighted by Gasteiger charge is 2.29. The highest BCUT2D eigenvalue weighted by molar-refractivity contribution is 5.89. The van der Waals surface area contributed by atoms with Crippen LogP contribution in [0, 0.1) is 0 Å². The Bertz CT molecular complexity index is 783. The zero-order chi connectivity index (χ0) is 19.9. The van der Waals surface area contributed by atoms with Gasteiger partial charge in [0, 0.05) is 0 Å². The van der Waals surface area contributed by atoms with Crippen molar-refractivity contribution in [1.29, 1.82) is 0 Å². The molecule has 0 saturated carbocycles. The minimum Gasteiger partial charge on any atom is -0.444 e. The summed E-state index contributed by atoms with van der Waals surface area (Å²) in [7, 11) is 0. The molecule has 27 heavy (non-hydrogen) atoms. The van der Waals surface area contributed by atoms with Gasteiger partial charge in [-0.05, 0) is 38.5 Å². The zero-order valence-electron chi connectivity index (χ0n) is 15.3. The van der Waals surface area contributed by atoms with Crippen LogP contribution in [-0.2, 0) is 14.3 Å². The summed E-state index contributed by atoms with van der Waals surface area (Å²) in [4.78, 5) is 36.4. The summed E-state index contributed by atoms with van der Waals surface area (Å²) in [5.41, 5.74) is -0.317. The smallest absolute Gasteiger partial charge is 0.444 e. The molecule has 7 nitrogen and oxygen atoms in total. The van der Waals surface area contributed by atoms with Crippen LogP contribution in [0.4, 0.5) is 9.59 Å². The molecule has 142 valence electrons. The molecule has 0 spiro atoms. The summed E-state index contributed by atoms with van der Waals surface area (Å²) in [6.07, 6.45) is -2.01. The Morgan fingerprint density at radius 3 is 2.00 bits per heavy atom. The summed E-state index contributed by atoms with van der Waals surface area (Å²) < 4.78 is 14.8. The lowest BCUT2D eigenvalue weighted by Gasteiger charge is -2.22. The highest BCUT2D eigenvalue weighted by Crippen LogP contribution is 2.17. The standard InChI is InChI=1S/C20H21NO6/c1-20(2,3)27-18(23)21-16(14-10-6-4-7-11-14)17(22)26-19(24)25-15-12-8-5-9-13-15/h4-13,16H,1-3H3,(H,21,23)/t16-/m0/s1. The molecule has 0 fully saturated rings. The summed E-state index contributed by atoms with van der Waals surface area (Å²) in [5.74, 6) is -0.764. The number of hydrogen-bond donors (Lipinski definition) is 1. The second-order valence-corrected chi connectivity index (χ2v) is 6.58. The molecule has 0 unspecified atom stereocenters. The summed E-state index contributed by atoms with van der Waals surface area (Å²) in [6, 6.07) is 15.3. The quantitative estimate of drug-likeness (QED) is 0.496. The molecule has 1 N–H and O–H groups in total. The molecule has 0 aliphatic carbocycles. The van der Waals surface area contributed by atoms with Crippen LogP contribution in [-0.4, -0.2) is 23.8 Å². The number of alkyl carbamates (subject to hydrolysis) is 1. The fourth-order valence-electron chi connectivity index (χ4n) is 2.10. The van der Waals surface area contributed by atoms with Crippen molar-refractivity contribution in [3.8, 4) is 5.75 Å². The van der Waals surface area contributed by atoms with E-state index in [1.165, 1.54) is 0 Å². The van der Waals surface area contributed by atoms with Gasteiger partial charge in [-0.2, -0.15) is 0 Å². The topological polar surface area (TPSA) is 90.9 Å². The SMILES string of the molecule is CC(C)(C)OC(=O)N[C@H](C(=O)OC(=O)Oc1ccccc1)c1ccccc1. The van der Waals surface area contributed by atoms with Gasteiger partial charge in [-0.3, -0.25) is 0 Å². The number of rotatable bonds is 4. The number of nitrogens with one attached hydrogen (secondary N) is 1. The van der Waals surface area contributed by atoms with E-state index >= 15 is 0 Å². The van der Waals surface area contributed by atoms with Gasteiger partial charge in [0.2, 0.25) is 0 Å². The number of hydrogen-bond acceptors (Lipinski definition) is 6. The van der Waals surface area contributed by atoms with Gasteiger partial charge in [0.1, 0.15) is 11.4 Å². The van der Waals surface area contributed by atoms with Gasteiger partial charge in [0.05, 0.1) is 0 Å². The monoisotopic (exact) mass is 371 g/mol. The predicted octanol–water partition coefficient (Wildman–Crippen LogP) is 3.99. The third kappa shape index (κ3) is 6.81. The minimum absolute atomic E-state index is 0.228. The first kappa shape index (κ1) is 20.0. The van der Waals surface area contributed by atoms with Crippen molar-refractivity contribution in [3.05, 3.63) is 66.2 Å². The molecule has 0 saturated heterocycles. The lowest BCUT2D eigenvalue weighted by atomic mass is 10.1. The molecule has 2 aromatic rings. The van der Waals surface area contributed by atoms with E-state index < -0.39 is 29.9 Å². The minimum atomic E-state index is -1.23. The lowest BCUT2D eigenvalue weighted by Crippen LogP contribution is -2.39. The Hall–Kier alpha value is -3.35. The first-order valence-corrected chi connectivity index (χ1v) is 8.27. The van der Waals surface area contributed by atoms with Crippen molar-refractivity contribution >= 4 is 18.2 Å². The van der Waals surface area contributed by atoms with Crippen LogP contribution in [0.1, 0.15) is 32.4 Å². The average Bonchev–Trinajstić information content (AvgIpc) is 2.59. The predicted molar refractivity (Wildman–Crippen MR) is 97.1 cm³/mol. The van der Waals surface area contributed by atoms with Crippen LogP contribution in [0.5, 0.6) is 5.75 Å². The van der Waals surface area contributed by atoms with Crippen LogP contribution in [0.2, 0.25) is 0 Å². The molecule has 0 aliphatic heterocycles. The van der Waals surface area contributed by atoms with Crippen molar-refractivity contribution in [2.75, 3.05) is 0 Å². The Kier molecular flexibility index (Phi) is 6.54. The van der Waals surface area contributed by atoms with Crippen molar-refractivity contribution in [2.45, 2.75) is 32.4 Å². The number of amides is 1. The van der Waals surface area contributed by atoms with E-state index in [0.29, 0.717) is 5.56 Å². The van der Waals surface area contributed by atoms with Crippen LogP contribution in [0.25, 0.3) is 0 Å². The van der Waals surface area contributed by atoms with Gasteiger partial charge >= 0.3 is 18.2 Å². The fraction of sp³-hybridized carbons (Fsp3) is 0.250. The number of carbonyl (C=O) groups is 3. The van der Waals surface area contributed by atoms with Crippen LogP contribution in [0.15, 0.2) is 60.7 Å². The molecule has 0 heterocycles. The van der Waals surface area contributed by atoms with Crippen molar-refractivity contribution < 1.29 is 28.6 Å². The van der Waals surface area contributed by atoms with Gasteiger partial charge in [0.25, 0.3) is 0 Å². The largest absolute Gasteiger partial charge is 0.521 e. The Morgan fingerprint density at radius 2 is 1.44 bits per heavy atom. The van der Waals surface area contributed by atoms with Crippen LogP contribution < -0.4 is 10.1 Å². The number of ether oxygens (including phenoxy) is 3. The first-order chi connectivity index (χ1) is 12.7. The molecule has 1 amide bonds. The second-order valence-electron chi connectivity index (χ2n) is 6.58. The molecular formula is C20H21NO6. The number of carbonyl (C=O) groups excluding carboxylic acids is 3. The number of esters is 1. The summed E-state index contributed by atoms with van der Waals surface area (Å²) in [5, 5.41) is 2.42. The fourth-order valence-corrected chi connectivity index (χ4v) is 2.10. The molecule has 1 atom stereocenters. The van der Waals surface area contributed by atoms with E-state index in [-0.39, 0.29) is 5.75 Å². The Labute approximate surface area is 157 Å². The highest BCUT2D eigenvalue weighted by atomic mass is 16.7. The maximum absolute atomic E-state index is 12.5. The molecule has 2 aromatic carbocycles. The molecule has 0 aromatic heterocycles. The van der Waals surface area contributed by atoms with E-state index in [9.17, 15) is 14.4 Å². The molecule has 0 aliphatic rings. The van der Waals surface area contributed by atoms with Gasteiger partial charge in [-0.1, -0.05) is 48.5 Å². The second kappa shape index (κ2) is 8.84. The molecule has 2 rings (SSSR count). The zero-order valence-corrected chi connectivity index (χ0v) is 15.3. The maximum atomic E-state index is 12.5. The van der Waals surface area contributed by atoms with E-state index in [2.05, 4.69) is 5.32 Å². The van der Waals surface area contributed by atoms with E-state index in [1.807, 2.05) is 0 Å². The maximum Gasteiger partial charge on any atom is 0.521 e. The van der Waals surface area contributed by atoms with Crippen molar-refractivity contribution in [2.24, 2.45) is 0 Å². The molecule has 0 bridgehead atoms. The van der Waals surface area contributed by atoms with Gasteiger partial charge in [-0.25, -0.2) is 14.4 Å². The molecule has 0 radical (unpaired) electrons. The Balaban J connectivity index is 2.09. The van der Waals surface area contributed by atoms with Crippen molar-refractivity contribution in [1.82, 2.24) is 5.32 Å². The average molecular weight is 371 g/mol. The Morgan fingerprint density at radius 1 is 0.889 bits per heavy atom. The first-order valence-electron chi connectivity index (χ1n) is 8.27. The summed E-state index contributed by atoms with van der Waals surface area (Å²) >= 11 is 0. The molecule has 7 heteroatoms. The van der Waals surface area contributed by atoms with E-state index in [0.717, 1.165) is 0 Å². The lowest BCUT2D eigenvalue weighted by molar-refractivity contribution is -0.141. The van der Waals surface area contributed by atoms with E-state index in [4.69, 9.17) is 14.2 Å². The van der Waals surface area contributed by atoms with Crippen molar-refractivity contribution in [3.63, 3.8) is 0 Å². The van der Waals surface area contributed by atoms with Crippen LogP contribution in [0.3, 0.4) is 0 Å².